The maximum absolute atomic E-state index is 8.22. The Hall–Kier alpha value is -1.49. The standard InChI is InChI=1S/C10H10NO/c1-8(2)9-3-5-10(6-4-9)12-7-11/h3-6H,1-2H3. The second-order valence-corrected chi connectivity index (χ2v) is 2.72. The lowest BCUT2D eigenvalue weighted by atomic mass is 10.0. The maximum Gasteiger partial charge on any atom is 0.292 e. The minimum atomic E-state index is 0.586. The van der Waals surface area contributed by atoms with Crippen LogP contribution in [0, 0.1) is 17.4 Å². The highest BCUT2D eigenvalue weighted by Crippen LogP contribution is 2.17. The Bertz CT molecular complexity index is 282. The molecule has 0 saturated heterocycles. The van der Waals surface area contributed by atoms with E-state index in [4.69, 9.17) is 5.26 Å². The molecule has 0 spiro atoms. The minimum Gasteiger partial charge on any atom is -0.388 e. The highest BCUT2D eigenvalue weighted by atomic mass is 16.5. The van der Waals surface area contributed by atoms with Crippen LogP contribution in [0.15, 0.2) is 24.3 Å². The number of nitrogens with zero attached hydrogens (tertiary/aromatic N) is 1. The van der Waals surface area contributed by atoms with Crippen LogP contribution in [0.1, 0.15) is 19.4 Å². The molecule has 0 bridgehead atoms. The molecule has 0 heterocycles. The van der Waals surface area contributed by atoms with E-state index >= 15 is 0 Å². The van der Waals surface area contributed by atoms with Crippen molar-refractivity contribution in [3.63, 3.8) is 0 Å². The first-order valence-corrected chi connectivity index (χ1v) is 3.70. The minimum absolute atomic E-state index is 0.586. The molecule has 12 heavy (non-hydrogen) atoms. The van der Waals surface area contributed by atoms with Crippen molar-refractivity contribution in [1.82, 2.24) is 0 Å². The fourth-order valence-electron chi connectivity index (χ4n) is 0.909. The van der Waals surface area contributed by atoms with Crippen molar-refractivity contribution < 1.29 is 4.74 Å². The van der Waals surface area contributed by atoms with E-state index in [9.17, 15) is 0 Å². The van der Waals surface area contributed by atoms with E-state index in [1.165, 1.54) is 11.5 Å². The highest BCUT2D eigenvalue weighted by molar-refractivity contribution is 5.34. The zero-order valence-electron chi connectivity index (χ0n) is 7.16. The van der Waals surface area contributed by atoms with Crippen molar-refractivity contribution in [3.05, 3.63) is 35.7 Å². The number of hydrogen-bond donors (Lipinski definition) is 0. The Labute approximate surface area is 72.4 Å². The van der Waals surface area contributed by atoms with Gasteiger partial charge in [-0.25, -0.2) is 0 Å². The normalized spacial score (nSPS) is 9.50. The molecule has 0 aliphatic heterocycles. The van der Waals surface area contributed by atoms with Crippen LogP contribution in [-0.4, -0.2) is 0 Å². The molecular formula is C10H10NO. The summed E-state index contributed by atoms with van der Waals surface area (Å²) in [6.45, 7) is 4.08. The zero-order chi connectivity index (χ0) is 8.97. The topological polar surface area (TPSA) is 33.0 Å². The maximum atomic E-state index is 8.22. The monoisotopic (exact) mass is 160 g/mol. The largest absolute Gasteiger partial charge is 0.388 e. The number of nitriles is 1. The first-order valence-electron chi connectivity index (χ1n) is 3.70. The zero-order valence-corrected chi connectivity index (χ0v) is 7.16. The number of hydrogen-bond acceptors (Lipinski definition) is 2. The van der Waals surface area contributed by atoms with E-state index in [1.54, 1.807) is 18.4 Å². The van der Waals surface area contributed by atoms with Gasteiger partial charge in [-0.1, -0.05) is 26.0 Å². The van der Waals surface area contributed by atoms with Crippen LogP contribution >= 0.6 is 0 Å². The van der Waals surface area contributed by atoms with Crippen LogP contribution in [-0.2, 0) is 0 Å². The van der Waals surface area contributed by atoms with Gasteiger partial charge in [0, 0.05) is 0 Å². The van der Waals surface area contributed by atoms with Gasteiger partial charge in [-0.05, 0) is 23.6 Å². The fraction of sp³-hybridized carbons (Fsp3) is 0.200. The summed E-state index contributed by atoms with van der Waals surface area (Å²) in [7, 11) is 0. The summed E-state index contributed by atoms with van der Waals surface area (Å²) in [5, 5.41) is 8.22. The molecule has 0 aliphatic carbocycles. The van der Waals surface area contributed by atoms with Crippen LogP contribution in [0.25, 0.3) is 0 Å². The third-order valence-electron chi connectivity index (χ3n) is 1.60. The molecule has 0 saturated carbocycles. The summed E-state index contributed by atoms with van der Waals surface area (Å²) in [5.41, 5.74) is 1.17. The predicted octanol–water partition coefficient (Wildman–Crippen LogP) is 2.51. The van der Waals surface area contributed by atoms with Gasteiger partial charge in [-0.3, -0.25) is 0 Å². The van der Waals surface area contributed by atoms with Crippen molar-refractivity contribution >= 4 is 0 Å². The van der Waals surface area contributed by atoms with Crippen molar-refractivity contribution in [2.45, 2.75) is 13.8 Å². The quantitative estimate of drug-likeness (QED) is 0.623. The molecule has 1 aromatic carbocycles. The molecule has 2 heteroatoms. The molecule has 0 N–H and O–H groups in total. The summed E-state index contributed by atoms with van der Waals surface area (Å²) >= 11 is 0. The molecule has 0 atom stereocenters. The van der Waals surface area contributed by atoms with Gasteiger partial charge in [-0.15, -0.1) is 5.26 Å². The second kappa shape index (κ2) is 3.77. The van der Waals surface area contributed by atoms with Crippen molar-refractivity contribution in [1.29, 1.82) is 5.26 Å². The first kappa shape index (κ1) is 8.61. The van der Waals surface area contributed by atoms with Crippen molar-refractivity contribution in [2.75, 3.05) is 0 Å². The van der Waals surface area contributed by atoms with Gasteiger partial charge in [0.25, 0.3) is 6.26 Å². The average molecular weight is 160 g/mol. The van der Waals surface area contributed by atoms with Gasteiger partial charge < -0.3 is 4.74 Å². The highest BCUT2D eigenvalue weighted by Gasteiger charge is 1.98. The first-order chi connectivity index (χ1) is 5.74. The average Bonchev–Trinajstić information content (AvgIpc) is 2.06. The van der Waals surface area contributed by atoms with Gasteiger partial charge in [-0.2, -0.15) is 0 Å². The Morgan fingerprint density at radius 3 is 2.25 bits per heavy atom. The van der Waals surface area contributed by atoms with Crippen molar-refractivity contribution in [2.24, 2.45) is 0 Å². The van der Waals surface area contributed by atoms with E-state index < -0.39 is 0 Å². The third kappa shape index (κ3) is 2.00. The van der Waals surface area contributed by atoms with E-state index in [0.717, 1.165) is 0 Å². The van der Waals surface area contributed by atoms with E-state index in [2.05, 4.69) is 4.74 Å². The van der Waals surface area contributed by atoms with Crippen LogP contribution in [0.5, 0.6) is 5.75 Å². The summed E-state index contributed by atoms with van der Waals surface area (Å²) in [4.78, 5) is 0. The van der Waals surface area contributed by atoms with Crippen LogP contribution in [0.3, 0.4) is 0 Å². The lowest BCUT2D eigenvalue weighted by Crippen LogP contribution is -1.88. The summed E-state index contributed by atoms with van der Waals surface area (Å²) in [5.74, 6) is 1.83. The molecule has 0 unspecified atom stereocenters. The molecule has 2 nitrogen and oxygen atoms in total. The molecule has 1 rings (SSSR count). The van der Waals surface area contributed by atoms with Gasteiger partial charge in [0.1, 0.15) is 5.75 Å². The number of ether oxygens (including phenoxy) is 1. The lowest BCUT2D eigenvalue weighted by molar-refractivity contribution is 0.507. The summed E-state index contributed by atoms with van der Waals surface area (Å²) < 4.78 is 4.64. The van der Waals surface area contributed by atoms with Gasteiger partial charge in [0.05, 0.1) is 0 Å². The molecule has 1 radical (unpaired) electrons. The third-order valence-corrected chi connectivity index (χ3v) is 1.60. The molecule has 0 fully saturated rings. The van der Waals surface area contributed by atoms with Gasteiger partial charge in [0.2, 0.25) is 0 Å². The smallest absolute Gasteiger partial charge is 0.292 e. The van der Waals surface area contributed by atoms with Crippen LogP contribution in [0.4, 0.5) is 0 Å². The Balaban J connectivity index is 2.80. The number of rotatable bonds is 2. The second-order valence-electron chi connectivity index (χ2n) is 2.72. The van der Waals surface area contributed by atoms with Crippen molar-refractivity contribution in [3.8, 4) is 12.0 Å². The van der Waals surface area contributed by atoms with E-state index in [1.807, 2.05) is 26.0 Å². The SMILES string of the molecule is C[C](C)c1ccc(OC#N)cc1. The van der Waals surface area contributed by atoms with Crippen LogP contribution < -0.4 is 4.74 Å². The Kier molecular flexibility index (Phi) is 2.71. The molecule has 0 aliphatic rings. The Morgan fingerprint density at radius 2 is 1.83 bits per heavy atom. The summed E-state index contributed by atoms with van der Waals surface area (Å²) in [6, 6.07) is 7.43. The molecule has 1 aromatic rings. The lowest BCUT2D eigenvalue weighted by Gasteiger charge is -2.03. The Morgan fingerprint density at radius 1 is 1.25 bits per heavy atom. The molecule has 0 amide bonds. The van der Waals surface area contributed by atoms with Gasteiger partial charge in [0.15, 0.2) is 0 Å². The van der Waals surface area contributed by atoms with E-state index in [-0.39, 0.29) is 0 Å². The molecule has 61 valence electrons. The van der Waals surface area contributed by atoms with Crippen LogP contribution in [0.2, 0.25) is 0 Å². The molecular weight excluding hydrogens is 150 g/mol. The molecule has 0 aromatic heterocycles. The van der Waals surface area contributed by atoms with Gasteiger partial charge >= 0.3 is 0 Å². The predicted molar refractivity (Wildman–Crippen MR) is 46.4 cm³/mol. The fourth-order valence-corrected chi connectivity index (χ4v) is 0.909. The number of benzene rings is 1. The van der Waals surface area contributed by atoms with E-state index in [0.29, 0.717) is 5.75 Å². The summed E-state index contributed by atoms with van der Waals surface area (Å²) in [6.07, 6.45) is 1.63.